The summed E-state index contributed by atoms with van der Waals surface area (Å²) in [7, 11) is 0. The normalized spacial score (nSPS) is 13.8. The molecule has 1 aliphatic carbocycles. The number of nitrogens with one attached hydrogen (secondary N) is 2. The summed E-state index contributed by atoms with van der Waals surface area (Å²) in [6, 6.07) is 8.12. The van der Waals surface area contributed by atoms with E-state index in [2.05, 4.69) is 15.6 Å². The van der Waals surface area contributed by atoms with E-state index in [9.17, 15) is 14.4 Å². The molecule has 7 nitrogen and oxygen atoms in total. The molecule has 1 fully saturated rings. The van der Waals surface area contributed by atoms with E-state index in [1.807, 2.05) is 0 Å². The molecule has 0 unspecified atom stereocenters. The minimum Gasteiger partial charge on any atom is -0.462 e. The summed E-state index contributed by atoms with van der Waals surface area (Å²) in [6.07, 6.45) is 7.09. The Bertz CT molecular complexity index is 858. The molecule has 2 amide bonds. The van der Waals surface area contributed by atoms with Crippen molar-refractivity contribution >= 4 is 23.5 Å². The smallest absolute Gasteiger partial charge is 0.338 e. The van der Waals surface area contributed by atoms with Crippen molar-refractivity contribution in [2.45, 2.75) is 38.6 Å². The molecule has 0 atom stereocenters. The quantitative estimate of drug-likeness (QED) is 0.749. The SMILES string of the molecule is CCOC(=O)c1ccc(NC(=O)c2cncc(C(=O)NC3CCCC3)c2)cc1. The van der Waals surface area contributed by atoms with Crippen LogP contribution in [0.25, 0.3) is 0 Å². The van der Waals surface area contributed by atoms with Crippen LogP contribution in [-0.2, 0) is 4.74 Å². The van der Waals surface area contributed by atoms with Crippen LogP contribution in [0.2, 0.25) is 0 Å². The molecule has 28 heavy (non-hydrogen) atoms. The van der Waals surface area contributed by atoms with E-state index >= 15 is 0 Å². The maximum Gasteiger partial charge on any atom is 0.338 e. The van der Waals surface area contributed by atoms with Crippen LogP contribution in [0, 0.1) is 0 Å². The summed E-state index contributed by atoms with van der Waals surface area (Å²) in [6.45, 7) is 2.04. The monoisotopic (exact) mass is 381 g/mol. The van der Waals surface area contributed by atoms with Crippen molar-refractivity contribution in [2.75, 3.05) is 11.9 Å². The maximum atomic E-state index is 12.5. The van der Waals surface area contributed by atoms with Gasteiger partial charge in [-0.05, 0) is 50.1 Å². The molecule has 0 saturated heterocycles. The Kier molecular flexibility index (Phi) is 6.37. The highest BCUT2D eigenvalue weighted by Gasteiger charge is 2.19. The predicted molar refractivity (Wildman–Crippen MR) is 104 cm³/mol. The highest BCUT2D eigenvalue weighted by molar-refractivity contribution is 6.06. The average Bonchev–Trinajstić information content (AvgIpc) is 3.22. The first-order chi connectivity index (χ1) is 13.6. The molecule has 7 heteroatoms. The van der Waals surface area contributed by atoms with Gasteiger partial charge in [0.1, 0.15) is 0 Å². The molecule has 0 aliphatic heterocycles. The van der Waals surface area contributed by atoms with E-state index in [-0.39, 0.29) is 23.4 Å². The Morgan fingerprint density at radius 1 is 1.00 bits per heavy atom. The topological polar surface area (TPSA) is 97.4 Å². The number of carbonyl (C=O) groups is 3. The fourth-order valence-electron chi connectivity index (χ4n) is 3.13. The summed E-state index contributed by atoms with van der Waals surface area (Å²) in [5, 5.41) is 5.72. The fraction of sp³-hybridized carbons (Fsp3) is 0.333. The second kappa shape index (κ2) is 9.12. The third-order valence-corrected chi connectivity index (χ3v) is 4.61. The first-order valence-electron chi connectivity index (χ1n) is 9.41. The number of anilines is 1. The van der Waals surface area contributed by atoms with E-state index in [1.54, 1.807) is 31.2 Å². The Morgan fingerprint density at radius 2 is 1.64 bits per heavy atom. The number of benzene rings is 1. The van der Waals surface area contributed by atoms with Crippen LogP contribution in [0.1, 0.15) is 63.7 Å². The molecule has 146 valence electrons. The molecule has 0 bridgehead atoms. The van der Waals surface area contributed by atoms with Gasteiger partial charge in [0.25, 0.3) is 11.8 Å². The second-order valence-electron chi connectivity index (χ2n) is 6.67. The van der Waals surface area contributed by atoms with Gasteiger partial charge in [-0.25, -0.2) is 4.79 Å². The third kappa shape index (κ3) is 4.94. The zero-order valence-corrected chi connectivity index (χ0v) is 15.7. The van der Waals surface area contributed by atoms with Crippen molar-refractivity contribution in [3.63, 3.8) is 0 Å². The Hall–Kier alpha value is -3.22. The Labute approximate surface area is 163 Å². The van der Waals surface area contributed by atoms with Crippen LogP contribution in [-0.4, -0.2) is 35.4 Å². The number of pyridine rings is 1. The largest absolute Gasteiger partial charge is 0.462 e. The van der Waals surface area contributed by atoms with Crippen LogP contribution in [0.15, 0.2) is 42.7 Å². The predicted octanol–water partition coefficient (Wildman–Crippen LogP) is 3.18. The van der Waals surface area contributed by atoms with Crippen LogP contribution < -0.4 is 10.6 Å². The molecule has 0 spiro atoms. The standard InChI is InChI=1S/C21H23N3O4/c1-2-28-21(27)14-7-9-18(10-8-14)24-20(26)16-11-15(12-22-13-16)19(25)23-17-5-3-4-6-17/h7-13,17H,2-6H2,1H3,(H,23,25)(H,24,26). The number of hydrogen-bond acceptors (Lipinski definition) is 5. The van der Waals surface area contributed by atoms with E-state index in [0.29, 0.717) is 23.4 Å². The van der Waals surface area contributed by atoms with Crippen LogP contribution in [0.5, 0.6) is 0 Å². The molecular weight excluding hydrogens is 358 g/mol. The number of esters is 1. The summed E-state index contributed by atoms with van der Waals surface area (Å²) in [4.78, 5) is 40.5. The lowest BCUT2D eigenvalue weighted by atomic mass is 10.1. The first kappa shape index (κ1) is 19.5. The van der Waals surface area contributed by atoms with Gasteiger partial charge in [-0.2, -0.15) is 0 Å². The van der Waals surface area contributed by atoms with E-state index in [1.165, 1.54) is 18.5 Å². The van der Waals surface area contributed by atoms with Crippen molar-refractivity contribution < 1.29 is 19.1 Å². The zero-order chi connectivity index (χ0) is 19.9. The van der Waals surface area contributed by atoms with Gasteiger partial charge in [0.05, 0.1) is 23.3 Å². The number of carbonyl (C=O) groups excluding carboxylic acids is 3. The lowest BCUT2D eigenvalue weighted by Crippen LogP contribution is -2.32. The molecular formula is C21H23N3O4. The van der Waals surface area contributed by atoms with Gasteiger partial charge in [0.2, 0.25) is 0 Å². The molecule has 1 aliphatic rings. The molecule has 1 aromatic heterocycles. The Morgan fingerprint density at radius 3 is 2.29 bits per heavy atom. The van der Waals surface area contributed by atoms with Gasteiger partial charge in [0.15, 0.2) is 0 Å². The number of amides is 2. The van der Waals surface area contributed by atoms with Gasteiger partial charge in [-0.1, -0.05) is 12.8 Å². The summed E-state index contributed by atoms with van der Waals surface area (Å²) in [5.41, 5.74) is 1.58. The van der Waals surface area contributed by atoms with E-state index in [0.717, 1.165) is 25.7 Å². The van der Waals surface area contributed by atoms with Crippen molar-refractivity contribution in [3.05, 3.63) is 59.4 Å². The van der Waals surface area contributed by atoms with Gasteiger partial charge in [-0.3, -0.25) is 14.6 Å². The highest BCUT2D eigenvalue weighted by atomic mass is 16.5. The van der Waals surface area contributed by atoms with E-state index in [4.69, 9.17) is 4.74 Å². The van der Waals surface area contributed by atoms with Crippen molar-refractivity contribution in [3.8, 4) is 0 Å². The summed E-state index contributed by atoms with van der Waals surface area (Å²) >= 11 is 0. The number of rotatable bonds is 6. The molecule has 0 radical (unpaired) electrons. The van der Waals surface area contributed by atoms with Crippen molar-refractivity contribution in [1.29, 1.82) is 0 Å². The maximum absolute atomic E-state index is 12.5. The number of hydrogen-bond donors (Lipinski definition) is 2. The second-order valence-corrected chi connectivity index (χ2v) is 6.67. The third-order valence-electron chi connectivity index (χ3n) is 4.61. The van der Waals surface area contributed by atoms with E-state index < -0.39 is 5.97 Å². The molecule has 1 saturated carbocycles. The molecule has 2 aromatic rings. The van der Waals surface area contributed by atoms with Crippen molar-refractivity contribution in [1.82, 2.24) is 10.3 Å². The van der Waals surface area contributed by atoms with Crippen LogP contribution >= 0.6 is 0 Å². The first-order valence-corrected chi connectivity index (χ1v) is 9.41. The molecule has 1 heterocycles. The lowest BCUT2D eigenvalue weighted by molar-refractivity contribution is 0.0526. The minimum absolute atomic E-state index is 0.197. The van der Waals surface area contributed by atoms with Crippen molar-refractivity contribution in [2.24, 2.45) is 0 Å². The number of aromatic nitrogens is 1. The zero-order valence-electron chi connectivity index (χ0n) is 15.7. The van der Waals surface area contributed by atoms with Crippen LogP contribution in [0.4, 0.5) is 5.69 Å². The lowest BCUT2D eigenvalue weighted by Gasteiger charge is -2.12. The average molecular weight is 381 g/mol. The molecule has 1 aromatic carbocycles. The summed E-state index contributed by atoms with van der Waals surface area (Å²) < 4.78 is 4.93. The minimum atomic E-state index is -0.412. The molecule has 2 N–H and O–H groups in total. The van der Waals surface area contributed by atoms with Gasteiger partial charge in [-0.15, -0.1) is 0 Å². The highest BCUT2D eigenvalue weighted by Crippen LogP contribution is 2.18. The Balaban J connectivity index is 1.64. The summed E-state index contributed by atoms with van der Waals surface area (Å²) in [5.74, 6) is -1.01. The fourth-order valence-corrected chi connectivity index (χ4v) is 3.13. The van der Waals surface area contributed by atoms with Gasteiger partial charge < -0.3 is 15.4 Å². The molecule has 3 rings (SSSR count). The number of ether oxygens (including phenoxy) is 1. The van der Waals surface area contributed by atoms with Gasteiger partial charge in [0, 0.05) is 24.1 Å². The van der Waals surface area contributed by atoms with Crippen LogP contribution in [0.3, 0.4) is 0 Å². The van der Waals surface area contributed by atoms with Gasteiger partial charge >= 0.3 is 5.97 Å². The number of nitrogens with zero attached hydrogens (tertiary/aromatic N) is 1.